The molecular weight excluding hydrogens is 496 g/mol. The number of carbonyl (C=O) groups is 3. The van der Waals surface area contributed by atoms with E-state index in [2.05, 4.69) is 15.8 Å². The van der Waals surface area contributed by atoms with E-state index in [9.17, 15) is 29.0 Å². The Morgan fingerprint density at radius 3 is 2.45 bits per heavy atom. The van der Waals surface area contributed by atoms with E-state index >= 15 is 0 Å². The van der Waals surface area contributed by atoms with Gasteiger partial charge in [0.2, 0.25) is 5.91 Å². The lowest BCUT2D eigenvalue weighted by atomic mass is 9.51. The Hall–Kier alpha value is -1.88. The summed E-state index contributed by atoms with van der Waals surface area (Å²) in [7, 11) is 0. The van der Waals surface area contributed by atoms with Crippen LogP contribution in [0.4, 0.5) is 4.39 Å². The third kappa shape index (κ3) is 4.99. The molecule has 1 aromatic carbocycles. The van der Waals surface area contributed by atoms with Gasteiger partial charge < -0.3 is 15.5 Å². The highest BCUT2D eigenvalue weighted by molar-refractivity contribution is 8.12. The summed E-state index contributed by atoms with van der Waals surface area (Å²) in [4.78, 5) is 36.4. The van der Waals surface area contributed by atoms with E-state index in [0.717, 1.165) is 11.8 Å². The third-order valence-corrected chi connectivity index (χ3v) is 7.98. The van der Waals surface area contributed by atoms with E-state index in [1.807, 2.05) is 0 Å². The number of piperidine rings is 1. The second kappa shape index (κ2) is 11.0. The maximum absolute atomic E-state index is 14.3. The monoisotopic (exact) mass is 521 g/mol. The second-order valence-electron chi connectivity index (χ2n) is 8.02. The van der Waals surface area contributed by atoms with Crippen LogP contribution in [0.25, 0.3) is 0 Å². The molecule has 0 bridgehead atoms. The van der Waals surface area contributed by atoms with Crippen molar-refractivity contribution in [3.05, 3.63) is 33.8 Å². The molecule has 0 aliphatic carbocycles. The molecule has 4 N–H and O–H groups in total. The first-order valence-electron chi connectivity index (χ1n) is 10.1. The van der Waals surface area contributed by atoms with Gasteiger partial charge in [-0.3, -0.25) is 14.4 Å². The number of carbonyl (C=O) groups excluding carboxylic acids is 1. The predicted molar refractivity (Wildman–Crippen MR) is 127 cm³/mol. The quantitative estimate of drug-likeness (QED) is 0.221. The fraction of sp³-hybridized carbons (Fsp3) is 0.524. The molecule has 1 aromatic rings. The zero-order valence-electron chi connectivity index (χ0n) is 18.3. The predicted octanol–water partition coefficient (Wildman–Crippen LogP) is 3.77. The average molecular weight is 522 g/mol. The standard InChI is InChI=1S/C21H26Cl2FN3O5S/c1-4-21(19(31)32)15(9-33-10-25-27-11(2)28)26-14(8-24)20(3,18(29)30)17(21)12-6-5-7-13(22)16(12)23/h5-7,10,14-15,17,26H,4,8-9H2,1-3H3,(H,27,28)(H,29,30)(H,31,32). The summed E-state index contributed by atoms with van der Waals surface area (Å²) in [6.45, 7) is 3.22. The van der Waals surface area contributed by atoms with Gasteiger partial charge in [-0.2, -0.15) is 5.10 Å². The molecule has 1 heterocycles. The van der Waals surface area contributed by atoms with E-state index in [1.54, 1.807) is 13.0 Å². The van der Waals surface area contributed by atoms with Crippen LogP contribution < -0.4 is 10.7 Å². The Labute approximate surface area is 205 Å². The molecule has 1 aliphatic rings. The van der Waals surface area contributed by atoms with Gasteiger partial charge in [0, 0.05) is 24.6 Å². The van der Waals surface area contributed by atoms with Crippen LogP contribution >= 0.6 is 35.0 Å². The van der Waals surface area contributed by atoms with Crippen LogP contribution in [-0.2, 0) is 14.4 Å². The number of hydrogen-bond acceptors (Lipinski definition) is 6. The number of nitrogens with zero attached hydrogens (tertiary/aromatic N) is 1. The lowest BCUT2D eigenvalue weighted by molar-refractivity contribution is -0.172. The number of thioether (sulfide) groups is 1. The van der Waals surface area contributed by atoms with Crippen LogP contribution in [0, 0.1) is 10.8 Å². The van der Waals surface area contributed by atoms with E-state index in [0.29, 0.717) is 0 Å². The van der Waals surface area contributed by atoms with Gasteiger partial charge in [0.15, 0.2) is 0 Å². The highest BCUT2D eigenvalue weighted by atomic mass is 35.5. The summed E-state index contributed by atoms with van der Waals surface area (Å²) in [5, 5.41) is 27.6. The van der Waals surface area contributed by atoms with Crippen molar-refractivity contribution in [2.24, 2.45) is 15.9 Å². The maximum atomic E-state index is 14.3. The van der Waals surface area contributed by atoms with Crippen LogP contribution in [0.5, 0.6) is 0 Å². The minimum atomic E-state index is -1.86. The normalized spacial score (nSPS) is 29.7. The summed E-state index contributed by atoms with van der Waals surface area (Å²) in [5.41, 5.74) is 0.275. The SMILES string of the molecule is CCC1(C(=O)O)C(CSC=NNC(C)=O)NC(CF)C(C)(C(=O)O)C1c1cccc(Cl)c1Cl. The Morgan fingerprint density at radius 2 is 1.94 bits per heavy atom. The Kier molecular flexibility index (Phi) is 9.15. The number of alkyl halides is 1. The van der Waals surface area contributed by atoms with Crippen LogP contribution in [0.2, 0.25) is 10.0 Å². The number of aliphatic carboxylic acids is 2. The van der Waals surface area contributed by atoms with Gasteiger partial charge in [0.05, 0.1) is 32.5 Å². The lowest BCUT2D eigenvalue weighted by Gasteiger charge is -2.57. The molecule has 182 valence electrons. The first-order chi connectivity index (χ1) is 15.5. The van der Waals surface area contributed by atoms with Crippen molar-refractivity contribution in [3.63, 3.8) is 0 Å². The number of rotatable bonds is 9. The molecule has 33 heavy (non-hydrogen) atoms. The fourth-order valence-electron chi connectivity index (χ4n) is 4.69. The molecule has 0 saturated carbocycles. The molecule has 8 nitrogen and oxygen atoms in total. The van der Waals surface area contributed by atoms with Crippen LogP contribution in [0.15, 0.2) is 23.3 Å². The second-order valence-corrected chi connectivity index (χ2v) is 9.69. The van der Waals surface area contributed by atoms with Gasteiger partial charge in [0.25, 0.3) is 0 Å². The van der Waals surface area contributed by atoms with Gasteiger partial charge in [0.1, 0.15) is 6.67 Å². The van der Waals surface area contributed by atoms with Crippen molar-refractivity contribution in [1.82, 2.24) is 10.7 Å². The molecule has 0 spiro atoms. The number of carboxylic acids is 2. The van der Waals surface area contributed by atoms with E-state index in [4.69, 9.17) is 23.2 Å². The van der Waals surface area contributed by atoms with Gasteiger partial charge in [-0.05, 0) is 25.0 Å². The summed E-state index contributed by atoms with van der Waals surface area (Å²) in [6, 6.07) is 2.55. The van der Waals surface area contributed by atoms with Gasteiger partial charge in [-0.15, -0.1) is 11.8 Å². The minimum absolute atomic E-state index is 0.0266. The number of hydrazone groups is 1. The number of hydrogen-bond donors (Lipinski definition) is 4. The number of amides is 1. The van der Waals surface area contributed by atoms with Crippen LogP contribution in [0.3, 0.4) is 0 Å². The van der Waals surface area contributed by atoms with Crippen LogP contribution in [0.1, 0.15) is 38.7 Å². The number of carboxylic acid groups (broad SMARTS) is 2. The third-order valence-electron chi connectivity index (χ3n) is 6.37. The van der Waals surface area contributed by atoms with E-state index in [1.165, 1.54) is 31.5 Å². The molecule has 1 fully saturated rings. The molecule has 0 aromatic heterocycles. The van der Waals surface area contributed by atoms with Crippen LogP contribution in [-0.4, -0.2) is 58.1 Å². The minimum Gasteiger partial charge on any atom is -0.481 e. The lowest BCUT2D eigenvalue weighted by Crippen LogP contribution is -2.71. The van der Waals surface area contributed by atoms with Gasteiger partial charge in [-0.1, -0.05) is 42.3 Å². The summed E-state index contributed by atoms with van der Waals surface area (Å²) < 4.78 is 14.3. The van der Waals surface area contributed by atoms with Crippen molar-refractivity contribution in [2.45, 2.75) is 45.2 Å². The molecule has 5 unspecified atom stereocenters. The van der Waals surface area contributed by atoms with E-state index < -0.39 is 47.4 Å². The zero-order chi connectivity index (χ0) is 25.0. The summed E-state index contributed by atoms with van der Waals surface area (Å²) in [5.74, 6) is -4.06. The smallest absolute Gasteiger partial charge is 0.311 e. The highest BCUT2D eigenvalue weighted by Crippen LogP contribution is 2.58. The Balaban J connectivity index is 2.71. The Morgan fingerprint density at radius 1 is 1.27 bits per heavy atom. The largest absolute Gasteiger partial charge is 0.481 e. The molecule has 1 saturated heterocycles. The van der Waals surface area contributed by atoms with Crippen molar-refractivity contribution in [3.8, 4) is 0 Å². The summed E-state index contributed by atoms with van der Waals surface area (Å²) >= 11 is 13.8. The Bertz CT molecular complexity index is 952. The first kappa shape index (κ1) is 27.4. The molecule has 1 amide bonds. The molecule has 2 rings (SSSR count). The summed E-state index contributed by atoms with van der Waals surface area (Å²) in [6.07, 6.45) is 0.0266. The molecule has 1 aliphatic heterocycles. The molecule has 5 atom stereocenters. The molecule has 12 heteroatoms. The van der Waals surface area contributed by atoms with Crippen molar-refractivity contribution < 1.29 is 29.0 Å². The first-order valence-corrected chi connectivity index (χ1v) is 11.9. The topological polar surface area (TPSA) is 128 Å². The van der Waals surface area contributed by atoms with Gasteiger partial charge in [-0.25, -0.2) is 9.82 Å². The van der Waals surface area contributed by atoms with Crippen molar-refractivity contribution >= 4 is 58.4 Å². The van der Waals surface area contributed by atoms with Crippen molar-refractivity contribution in [2.75, 3.05) is 12.4 Å². The zero-order valence-corrected chi connectivity index (χ0v) is 20.6. The van der Waals surface area contributed by atoms with E-state index in [-0.39, 0.29) is 33.7 Å². The number of nitrogens with one attached hydrogen (secondary N) is 2. The molecule has 0 radical (unpaired) electrons. The number of halogens is 3. The average Bonchev–Trinajstić information content (AvgIpc) is 2.75. The van der Waals surface area contributed by atoms with Crippen molar-refractivity contribution in [1.29, 1.82) is 0 Å². The maximum Gasteiger partial charge on any atom is 0.311 e. The molecular formula is C21H26Cl2FN3O5S. The number of benzene rings is 1. The van der Waals surface area contributed by atoms with Gasteiger partial charge >= 0.3 is 11.9 Å². The fourth-order valence-corrected chi connectivity index (χ4v) is 5.90. The highest BCUT2D eigenvalue weighted by Gasteiger charge is 2.66.